The second kappa shape index (κ2) is 7.53. The number of nitrogens with zero attached hydrogens (tertiary/aromatic N) is 3. The number of aryl methyl sites for hydroxylation is 1. The van der Waals surface area contributed by atoms with Crippen LogP contribution in [0.15, 0.2) is 58.2 Å². The first-order chi connectivity index (χ1) is 13.2. The highest BCUT2D eigenvalue weighted by Crippen LogP contribution is 2.17. The highest BCUT2D eigenvalue weighted by molar-refractivity contribution is 7.89. The number of hydrogen-bond acceptors (Lipinski definition) is 5. The second-order valence-corrected chi connectivity index (χ2v) is 8.61. The van der Waals surface area contributed by atoms with Crippen LogP contribution in [0.2, 0.25) is 0 Å². The minimum atomic E-state index is -3.54. The highest BCUT2D eigenvalue weighted by Gasteiger charge is 2.17. The number of anilines is 1. The number of amides is 1. The summed E-state index contributed by atoms with van der Waals surface area (Å²) >= 11 is 0. The van der Waals surface area contributed by atoms with Gasteiger partial charge in [-0.15, -0.1) is 0 Å². The number of sulfonamides is 1. The quantitative estimate of drug-likeness (QED) is 0.701. The number of aromatic nitrogens is 2. The van der Waals surface area contributed by atoms with Crippen LogP contribution in [0, 0.1) is 6.92 Å². The third-order valence-corrected chi connectivity index (χ3v) is 6.09. The molecule has 146 valence electrons. The van der Waals surface area contributed by atoms with Gasteiger partial charge in [0.05, 0.1) is 16.0 Å². The predicted molar refractivity (Wildman–Crippen MR) is 107 cm³/mol. The molecule has 0 atom stereocenters. The lowest BCUT2D eigenvalue weighted by atomic mass is 10.1. The number of nitrogens with one attached hydrogen (secondary N) is 1. The van der Waals surface area contributed by atoms with Crippen LogP contribution in [0.5, 0.6) is 0 Å². The fourth-order valence-corrected chi connectivity index (χ4v) is 3.67. The number of fused-ring (bicyclic) bond motifs is 1. The minimum Gasteiger partial charge on any atom is -0.324 e. The first-order valence-corrected chi connectivity index (χ1v) is 9.93. The van der Waals surface area contributed by atoms with Crippen molar-refractivity contribution in [2.24, 2.45) is 0 Å². The molecule has 28 heavy (non-hydrogen) atoms. The predicted octanol–water partition coefficient (Wildman–Crippen LogP) is 1.59. The Kier molecular flexibility index (Phi) is 5.30. The summed E-state index contributed by atoms with van der Waals surface area (Å²) in [5.41, 5.74) is 0.735. The zero-order valence-corrected chi connectivity index (χ0v) is 16.5. The lowest BCUT2D eigenvalue weighted by Crippen LogP contribution is -2.30. The minimum absolute atomic E-state index is 0.124. The van der Waals surface area contributed by atoms with Crippen LogP contribution in [0.3, 0.4) is 0 Å². The zero-order chi connectivity index (χ0) is 20.5. The lowest BCUT2D eigenvalue weighted by molar-refractivity contribution is -0.117. The normalized spacial score (nSPS) is 11.7. The van der Waals surface area contributed by atoms with Crippen molar-refractivity contribution in [1.82, 2.24) is 14.1 Å². The SMILES string of the molecule is Cc1nn(CC(=O)Nc2ccc(S(=O)(=O)N(C)C)cc2)c(=O)c2ccccc12. The van der Waals surface area contributed by atoms with Crippen molar-refractivity contribution in [2.75, 3.05) is 19.4 Å². The van der Waals surface area contributed by atoms with Gasteiger partial charge in [-0.3, -0.25) is 9.59 Å². The molecule has 1 aromatic heterocycles. The lowest BCUT2D eigenvalue weighted by Gasteiger charge is -2.12. The molecule has 0 saturated heterocycles. The molecule has 0 radical (unpaired) electrons. The van der Waals surface area contributed by atoms with E-state index in [4.69, 9.17) is 0 Å². The Morgan fingerprint density at radius 2 is 1.68 bits per heavy atom. The van der Waals surface area contributed by atoms with Crippen molar-refractivity contribution in [3.8, 4) is 0 Å². The molecule has 3 rings (SSSR count). The van der Waals surface area contributed by atoms with Crippen LogP contribution in [-0.4, -0.2) is 42.5 Å². The molecule has 9 heteroatoms. The summed E-state index contributed by atoms with van der Waals surface area (Å²) in [4.78, 5) is 25.0. The van der Waals surface area contributed by atoms with Crippen LogP contribution >= 0.6 is 0 Å². The first-order valence-electron chi connectivity index (χ1n) is 8.49. The first kappa shape index (κ1) is 19.7. The average Bonchev–Trinajstić information content (AvgIpc) is 2.66. The van der Waals surface area contributed by atoms with Gasteiger partial charge in [-0.2, -0.15) is 5.10 Å². The van der Waals surface area contributed by atoms with Crippen molar-refractivity contribution in [2.45, 2.75) is 18.4 Å². The average molecular weight is 400 g/mol. The standard InChI is InChI=1S/C19H20N4O4S/c1-13-16-6-4-5-7-17(16)19(25)23(21-13)12-18(24)20-14-8-10-15(11-9-14)28(26,27)22(2)3/h4-11H,12H2,1-3H3,(H,20,24). The van der Waals surface area contributed by atoms with Gasteiger partial charge in [0.25, 0.3) is 5.56 Å². The number of rotatable bonds is 5. The molecule has 1 N–H and O–H groups in total. The molecular formula is C19H20N4O4S. The fraction of sp³-hybridized carbons (Fsp3) is 0.211. The molecule has 0 aliphatic heterocycles. The summed E-state index contributed by atoms with van der Waals surface area (Å²) < 4.78 is 26.4. The zero-order valence-electron chi connectivity index (χ0n) is 15.7. The van der Waals surface area contributed by atoms with Gasteiger partial charge in [-0.25, -0.2) is 17.4 Å². The third kappa shape index (κ3) is 3.80. The monoisotopic (exact) mass is 400 g/mol. The summed E-state index contributed by atoms with van der Waals surface area (Å²) in [6, 6.07) is 12.9. The van der Waals surface area contributed by atoms with Gasteiger partial charge in [0, 0.05) is 25.2 Å². The van der Waals surface area contributed by atoms with E-state index in [1.165, 1.54) is 38.4 Å². The van der Waals surface area contributed by atoms with E-state index in [2.05, 4.69) is 10.4 Å². The van der Waals surface area contributed by atoms with Crippen LogP contribution in [0.1, 0.15) is 5.69 Å². The van der Waals surface area contributed by atoms with E-state index in [-0.39, 0.29) is 17.0 Å². The van der Waals surface area contributed by atoms with Crippen molar-refractivity contribution in [3.63, 3.8) is 0 Å². The summed E-state index contributed by atoms with van der Waals surface area (Å²) in [6.45, 7) is 1.53. The topological polar surface area (TPSA) is 101 Å². The molecule has 0 bridgehead atoms. The van der Waals surface area contributed by atoms with E-state index in [0.29, 0.717) is 16.8 Å². The van der Waals surface area contributed by atoms with Gasteiger partial charge < -0.3 is 5.32 Å². The van der Waals surface area contributed by atoms with Gasteiger partial charge in [-0.1, -0.05) is 18.2 Å². The van der Waals surface area contributed by atoms with Crippen LogP contribution in [0.25, 0.3) is 10.8 Å². The van der Waals surface area contributed by atoms with Gasteiger partial charge in [-0.05, 0) is 37.3 Å². The van der Waals surface area contributed by atoms with Gasteiger partial charge in [0.1, 0.15) is 6.54 Å². The summed E-state index contributed by atoms with van der Waals surface area (Å²) in [5, 5.41) is 8.11. The molecule has 2 aromatic carbocycles. The molecule has 3 aromatic rings. The van der Waals surface area contributed by atoms with E-state index in [0.717, 1.165) is 14.4 Å². The van der Waals surface area contributed by atoms with E-state index in [1.807, 2.05) is 12.1 Å². The number of carbonyl (C=O) groups is 1. The van der Waals surface area contributed by atoms with E-state index < -0.39 is 15.9 Å². The van der Waals surface area contributed by atoms with Crippen molar-refractivity contribution in [1.29, 1.82) is 0 Å². The van der Waals surface area contributed by atoms with Crippen molar-refractivity contribution >= 4 is 32.4 Å². The van der Waals surface area contributed by atoms with E-state index in [9.17, 15) is 18.0 Å². The van der Waals surface area contributed by atoms with Crippen LogP contribution in [-0.2, 0) is 21.4 Å². The maximum Gasteiger partial charge on any atom is 0.275 e. The molecule has 1 amide bonds. The van der Waals surface area contributed by atoms with Gasteiger partial charge in [0.2, 0.25) is 15.9 Å². The molecule has 0 aliphatic rings. The summed E-state index contributed by atoms with van der Waals surface area (Å²) in [6.07, 6.45) is 0. The Hall–Kier alpha value is -3.04. The molecule has 8 nitrogen and oxygen atoms in total. The van der Waals surface area contributed by atoms with E-state index in [1.54, 1.807) is 19.1 Å². The van der Waals surface area contributed by atoms with Crippen LogP contribution in [0.4, 0.5) is 5.69 Å². The van der Waals surface area contributed by atoms with Gasteiger partial charge >= 0.3 is 0 Å². The highest BCUT2D eigenvalue weighted by atomic mass is 32.2. The molecular weight excluding hydrogens is 380 g/mol. The summed E-state index contributed by atoms with van der Waals surface area (Å²) in [5.74, 6) is -0.438. The molecule has 0 unspecified atom stereocenters. The third-order valence-electron chi connectivity index (χ3n) is 4.26. The van der Waals surface area contributed by atoms with Gasteiger partial charge in [0.15, 0.2) is 0 Å². The fourth-order valence-electron chi connectivity index (χ4n) is 2.77. The largest absolute Gasteiger partial charge is 0.324 e. The van der Waals surface area contributed by atoms with Crippen molar-refractivity contribution < 1.29 is 13.2 Å². The molecule has 1 heterocycles. The second-order valence-electron chi connectivity index (χ2n) is 6.45. The molecule has 0 spiro atoms. The Balaban J connectivity index is 1.79. The Bertz CT molecular complexity index is 1200. The molecule has 0 aliphatic carbocycles. The van der Waals surface area contributed by atoms with Crippen LogP contribution < -0.4 is 10.9 Å². The maximum atomic E-state index is 12.5. The number of hydrogen-bond donors (Lipinski definition) is 1. The molecule has 0 fully saturated rings. The Labute approximate surface area is 162 Å². The maximum absolute atomic E-state index is 12.5. The smallest absolute Gasteiger partial charge is 0.275 e. The number of carbonyl (C=O) groups excluding carboxylic acids is 1. The molecule has 0 saturated carbocycles. The Morgan fingerprint density at radius 1 is 1.07 bits per heavy atom. The number of benzene rings is 2. The Morgan fingerprint density at radius 3 is 2.29 bits per heavy atom. The van der Waals surface area contributed by atoms with E-state index >= 15 is 0 Å². The summed E-state index contributed by atoms with van der Waals surface area (Å²) in [7, 11) is -0.645. The van der Waals surface area contributed by atoms with Crippen molar-refractivity contribution in [3.05, 3.63) is 64.6 Å².